The number of rotatable bonds is 3. The third-order valence-electron chi connectivity index (χ3n) is 2.47. The lowest BCUT2D eigenvalue weighted by Gasteiger charge is -2.14. The van der Waals surface area contributed by atoms with Crippen molar-refractivity contribution < 1.29 is 27.7 Å². The number of benzene rings is 1. The molecule has 0 atom stereocenters. The van der Waals surface area contributed by atoms with E-state index in [9.17, 15) is 18.0 Å². The number of carboxylic acids is 1. The summed E-state index contributed by atoms with van der Waals surface area (Å²) in [5, 5.41) is 13.0. The molecule has 1 heterocycles. The predicted octanol–water partition coefficient (Wildman–Crippen LogP) is 0.764. The van der Waals surface area contributed by atoms with Gasteiger partial charge >= 0.3 is 5.97 Å². The molecule has 2 rings (SSSR count). The van der Waals surface area contributed by atoms with Crippen LogP contribution in [0.4, 0.5) is 5.69 Å². The van der Waals surface area contributed by atoms with Crippen LogP contribution in [0.3, 0.4) is 0 Å². The first kappa shape index (κ1) is 14.4. The Morgan fingerprint density at radius 3 is 2.55 bits per heavy atom. The number of halogens is 1. The molecular formula is C10H7ClN2O6S. The van der Waals surface area contributed by atoms with Gasteiger partial charge in [0, 0.05) is 0 Å². The molecule has 8 nitrogen and oxygen atoms in total. The Bertz CT molecular complexity index is 742. The number of anilines is 1. The van der Waals surface area contributed by atoms with Crippen LogP contribution in [0.2, 0.25) is 5.02 Å². The van der Waals surface area contributed by atoms with Crippen LogP contribution in [0.25, 0.3) is 0 Å². The van der Waals surface area contributed by atoms with E-state index in [1.54, 1.807) is 0 Å². The molecule has 1 amide bonds. The summed E-state index contributed by atoms with van der Waals surface area (Å²) in [5.41, 5.74) is -0.508. The van der Waals surface area contributed by atoms with Gasteiger partial charge in [0.25, 0.3) is 16.0 Å². The quantitative estimate of drug-likeness (QED) is 0.793. The van der Waals surface area contributed by atoms with Gasteiger partial charge in [0.15, 0.2) is 5.71 Å². The maximum Gasteiger partial charge on any atom is 0.352 e. The van der Waals surface area contributed by atoms with Crippen molar-refractivity contribution in [2.75, 3.05) is 5.01 Å². The van der Waals surface area contributed by atoms with Crippen LogP contribution in [-0.4, -0.2) is 35.7 Å². The van der Waals surface area contributed by atoms with E-state index in [1.807, 2.05) is 0 Å². The zero-order chi connectivity index (χ0) is 15.1. The number of hydrazone groups is 1. The second-order valence-corrected chi connectivity index (χ2v) is 5.65. The van der Waals surface area contributed by atoms with Crippen molar-refractivity contribution in [1.82, 2.24) is 0 Å². The van der Waals surface area contributed by atoms with Crippen molar-refractivity contribution in [3.8, 4) is 0 Å². The summed E-state index contributed by atoms with van der Waals surface area (Å²) in [6.07, 6.45) is -0.429. The molecule has 0 bridgehead atoms. The highest BCUT2D eigenvalue weighted by molar-refractivity contribution is 7.85. The Balaban J connectivity index is 2.53. The fourth-order valence-electron chi connectivity index (χ4n) is 1.55. The summed E-state index contributed by atoms with van der Waals surface area (Å²) < 4.78 is 31.0. The molecule has 1 aromatic carbocycles. The number of nitrogens with zero attached hydrogens (tertiary/aromatic N) is 2. The van der Waals surface area contributed by atoms with Crippen molar-refractivity contribution in [3.05, 3.63) is 23.2 Å². The van der Waals surface area contributed by atoms with Gasteiger partial charge in [0.1, 0.15) is 0 Å². The summed E-state index contributed by atoms with van der Waals surface area (Å²) >= 11 is 5.83. The molecule has 0 radical (unpaired) electrons. The fourth-order valence-corrected chi connectivity index (χ4v) is 2.25. The van der Waals surface area contributed by atoms with Crippen LogP contribution in [0.1, 0.15) is 6.42 Å². The first-order valence-electron chi connectivity index (χ1n) is 5.11. The molecule has 0 saturated heterocycles. The highest BCUT2D eigenvalue weighted by atomic mass is 35.5. The molecule has 2 N–H and O–H groups in total. The van der Waals surface area contributed by atoms with E-state index >= 15 is 0 Å². The normalized spacial score (nSPS) is 15.4. The number of hydrogen-bond acceptors (Lipinski definition) is 5. The summed E-state index contributed by atoms with van der Waals surface area (Å²) in [6, 6.07) is 3.13. The van der Waals surface area contributed by atoms with E-state index in [1.165, 1.54) is 0 Å². The molecule has 0 aromatic heterocycles. The van der Waals surface area contributed by atoms with Gasteiger partial charge in [-0.1, -0.05) is 11.6 Å². The zero-order valence-corrected chi connectivity index (χ0v) is 11.2. The number of carbonyl (C=O) groups is 2. The van der Waals surface area contributed by atoms with Gasteiger partial charge in [-0.3, -0.25) is 9.35 Å². The lowest BCUT2D eigenvalue weighted by Crippen LogP contribution is -2.20. The fraction of sp³-hybridized carbons (Fsp3) is 0.100. The smallest absolute Gasteiger partial charge is 0.352 e. The largest absolute Gasteiger partial charge is 0.477 e. The molecule has 0 unspecified atom stereocenters. The minimum absolute atomic E-state index is 0.0128. The predicted molar refractivity (Wildman–Crippen MR) is 68.4 cm³/mol. The van der Waals surface area contributed by atoms with Gasteiger partial charge in [-0.15, -0.1) is 0 Å². The van der Waals surface area contributed by atoms with Crippen LogP contribution < -0.4 is 5.01 Å². The van der Waals surface area contributed by atoms with E-state index in [4.69, 9.17) is 21.3 Å². The molecule has 0 saturated carbocycles. The summed E-state index contributed by atoms with van der Waals surface area (Å²) in [4.78, 5) is 22.0. The van der Waals surface area contributed by atoms with Gasteiger partial charge in [-0.2, -0.15) is 18.5 Å². The molecule has 0 fully saturated rings. The van der Waals surface area contributed by atoms with E-state index in [2.05, 4.69) is 5.10 Å². The summed E-state index contributed by atoms with van der Waals surface area (Å²) in [6.45, 7) is 0. The van der Waals surface area contributed by atoms with E-state index in [0.717, 1.165) is 18.2 Å². The van der Waals surface area contributed by atoms with E-state index < -0.39 is 33.3 Å². The highest BCUT2D eigenvalue weighted by Crippen LogP contribution is 2.31. The number of carboxylic acid groups (broad SMARTS) is 1. The lowest BCUT2D eigenvalue weighted by atomic mass is 10.2. The summed E-state index contributed by atoms with van der Waals surface area (Å²) in [5.74, 6) is -2.03. The third-order valence-corrected chi connectivity index (χ3v) is 3.64. The standard InChI is InChI=1S/C10H7ClN2O6S/c11-6-2-1-5(20(17,18)19)3-8(6)13-9(14)4-7(12-13)10(15)16/h1-3H,4H2,(H,15,16)(H,17,18,19). The molecule has 1 aliphatic heterocycles. The SMILES string of the molecule is O=C(O)C1=NN(c2cc(S(=O)(=O)O)ccc2Cl)C(=O)C1. The Hall–Kier alpha value is -1.97. The first-order valence-corrected chi connectivity index (χ1v) is 6.92. The molecular weight excluding hydrogens is 312 g/mol. The van der Waals surface area contributed by atoms with Gasteiger partial charge < -0.3 is 5.11 Å². The van der Waals surface area contributed by atoms with Crippen LogP contribution in [-0.2, 0) is 19.7 Å². The highest BCUT2D eigenvalue weighted by Gasteiger charge is 2.31. The molecule has 0 aliphatic carbocycles. The third kappa shape index (κ3) is 2.64. The minimum Gasteiger partial charge on any atom is -0.477 e. The Morgan fingerprint density at radius 1 is 1.40 bits per heavy atom. The van der Waals surface area contributed by atoms with Crippen LogP contribution >= 0.6 is 11.6 Å². The number of aliphatic carboxylic acids is 1. The van der Waals surface area contributed by atoms with Crippen molar-refractivity contribution >= 4 is 45.0 Å². The van der Waals surface area contributed by atoms with Crippen molar-refractivity contribution in [3.63, 3.8) is 0 Å². The van der Waals surface area contributed by atoms with E-state index in [0.29, 0.717) is 5.01 Å². The van der Waals surface area contributed by atoms with Gasteiger partial charge in [-0.05, 0) is 18.2 Å². The number of carbonyl (C=O) groups excluding carboxylic acids is 1. The van der Waals surface area contributed by atoms with Crippen LogP contribution in [0.5, 0.6) is 0 Å². The maximum absolute atomic E-state index is 11.7. The lowest BCUT2D eigenvalue weighted by molar-refractivity contribution is -0.129. The average Bonchev–Trinajstić information content (AvgIpc) is 2.70. The van der Waals surface area contributed by atoms with Crippen LogP contribution in [0.15, 0.2) is 28.2 Å². The second kappa shape index (κ2) is 4.85. The average molecular weight is 319 g/mol. The molecule has 10 heteroatoms. The van der Waals surface area contributed by atoms with Crippen LogP contribution in [0, 0.1) is 0 Å². The minimum atomic E-state index is -4.48. The Kier molecular flexibility index (Phi) is 3.50. The Morgan fingerprint density at radius 2 is 2.05 bits per heavy atom. The van der Waals surface area contributed by atoms with Crippen molar-refractivity contribution in [2.45, 2.75) is 11.3 Å². The van der Waals surface area contributed by atoms with Gasteiger partial charge in [-0.25, -0.2) is 4.79 Å². The van der Waals surface area contributed by atoms with Crippen molar-refractivity contribution in [1.29, 1.82) is 0 Å². The zero-order valence-electron chi connectivity index (χ0n) is 9.65. The summed E-state index contributed by atoms with van der Waals surface area (Å²) in [7, 11) is -4.48. The molecule has 20 heavy (non-hydrogen) atoms. The number of amides is 1. The molecule has 106 valence electrons. The molecule has 0 spiro atoms. The molecule has 1 aromatic rings. The second-order valence-electron chi connectivity index (χ2n) is 3.82. The maximum atomic E-state index is 11.7. The topological polar surface area (TPSA) is 124 Å². The number of hydrogen-bond donors (Lipinski definition) is 2. The monoisotopic (exact) mass is 318 g/mol. The van der Waals surface area contributed by atoms with Gasteiger partial charge in [0.2, 0.25) is 0 Å². The first-order chi connectivity index (χ1) is 9.20. The van der Waals surface area contributed by atoms with Crippen molar-refractivity contribution in [2.24, 2.45) is 5.10 Å². The Labute approximate surface area is 118 Å². The van der Waals surface area contributed by atoms with Gasteiger partial charge in [0.05, 0.1) is 22.0 Å². The van der Waals surface area contributed by atoms with E-state index in [-0.39, 0.29) is 16.4 Å². The molecule has 1 aliphatic rings.